The lowest BCUT2D eigenvalue weighted by Crippen LogP contribution is -2.49. The van der Waals surface area contributed by atoms with Gasteiger partial charge in [-0.2, -0.15) is 0 Å². The summed E-state index contributed by atoms with van der Waals surface area (Å²) in [4.78, 5) is 37.5. The molecular formula is C30H37N3O5S. The summed E-state index contributed by atoms with van der Waals surface area (Å²) in [5.74, 6) is -0.483. The van der Waals surface area contributed by atoms with Crippen LogP contribution in [-0.2, 0) is 17.6 Å². The standard InChI is InChI=1S/C30H37N3O5S/c1-30(2,20-31-29(37)38)19-27(35)33-24(17-22-12-7-4-8-13-22)25(34)18-23(16-21-10-5-3-6-11-21)32-28(36)26-14-9-15-39-26/h3-15,23-25,31,34H,16-20H2,1-2H3,(H,32,36)(H,33,35)(H,37,38)/t23-,24-,25+/m0/s1. The highest BCUT2D eigenvalue weighted by Gasteiger charge is 2.29. The van der Waals surface area contributed by atoms with Crippen LogP contribution >= 0.6 is 11.3 Å². The molecule has 3 aromatic rings. The Morgan fingerprint density at radius 3 is 2.05 bits per heavy atom. The van der Waals surface area contributed by atoms with E-state index in [1.54, 1.807) is 19.9 Å². The average molecular weight is 552 g/mol. The Balaban J connectivity index is 1.75. The Morgan fingerprint density at radius 2 is 1.49 bits per heavy atom. The van der Waals surface area contributed by atoms with Crippen molar-refractivity contribution in [3.05, 3.63) is 94.2 Å². The van der Waals surface area contributed by atoms with Gasteiger partial charge in [-0.05, 0) is 47.3 Å². The summed E-state index contributed by atoms with van der Waals surface area (Å²) in [7, 11) is 0. The van der Waals surface area contributed by atoms with Gasteiger partial charge in [0.05, 0.1) is 17.0 Å². The smallest absolute Gasteiger partial charge is 0.404 e. The monoisotopic (exact) mass is 551 g/mol. The number of benzene rings is 2. The lowest BCUT2D eigenvalue weighted by Gasteiger charge is -2.30. The second kappa shape index (κ2) is 14.5. The molecule has 9 heteroatoms. The molecule has 0 radical (unpaired) electrons. The number of aliphatic hydroxyl groups excluding tert-OH is 1. The molecule has 0 spiro atoms. The fraction of sp³-hybridized carbons (Fsp3) is 0.367. The third kappa shape index (κ3) is 10.5. The van der Waals surface area contributed by atoms with E-state index in [2.05, 4.69) is 16.0 Å². The van der Waals surface area contributed by atoms with Crippen LogP contribution in [0.15, 0.2) is 78.2 Å². The SMILES string of the molecule is CC(C)(CNC(=O)O)CC(=O)N[C@@H](Cc1ccccc1)[C@H](O)C[C@H](Cc1ccccc1)NC(=O)c1cccs1. The number of carbonyl (C=O) groups is 3. The third-order valence-electron chi connectivity index (χ3n) is 6.40. The first-order chi connectivity index (χ1) is 18.6. The maximum absolute atomic E-state index is 13.1. The van der Waals surface area contributed by atoms with Crippen LogP contribution in [0.4, 0.5) is 4.79 Å². The topological polar surface area (TPSA) is 128 Å². The number of thiophene rings is 1. The zero-order chi connectivity index (χ0) is 28.3. The Kier molecular flexibility index (Phi) is 11.1. The van der Waals surface area contributed by atoms with Crippen LogP contribution in [0.1, 0.15) is 47.5 Å². The summed E-state index contributed by atoms with van der Waals surface area (Å²) in [5, 5.41) is 30.6. The minimum absolute atomic E-state index is 0.0772. The lowest BCUT2D eigenvalue weighted by molar-refractivity contribution is -0.124. The zero-order valence-electron chi connectivity index (χ0n) is 22.3. The summed E-state index contributed by atoms with van der Waals surface area (Å²) >= 11 is 1.35. The summed E-state index contributed by atoms with van der Waals surface area (Å²) < 4.78 is 0. The molecule has 39 heavy (non-hydrogen) atoms. The molecule has 0 aliphatic carbocycles. The van der Waals surface area contributed by atoms with Gasteiger partial charge < -0.3 is 26.2 Å². The molecule has 0 fully saturated rings. The van der Waals surface area contributed by atoms with E-state index in [-0.39, 0.29) is 37.2 Å². The molecule has 5 N–H and O–H groups in total. The van der Waals surface area contributed by atoms with Gasteiger partial charge in [0.2, 0.25) is 5.91 Å². The van der Waals surface area contributed by atoms with Crippen molar-refractivity contribution >= 4 is 29.2 Å². The number of rotatable bonds is 14. The molecule has 1 heterocycles. The summed E-state index contributed by atoms with van der Waals surface area (Å²) in [6, 6.07) is 21.9. The molecule has 0 unspecified atom stereocenters. The van der Waals surface area contributed by atoms with Crippen LogP contribution in [0.25, 0.3) is 0 Å². The van der Waals surface area contributed by atoms with Crippen molar-refractivity contribution in [3.8, 4) is 0 Å². The van der Waals surface area contributed by atoms with E-state index in [9.17, 15) is 19.5 Å². The Hall–Kier alpha value is -3.69. The highest BCUT2D eigenvalue weighted by molar-refractivity contribution is 7.12. The van der Waals surface area contributed by atoms with E-state index in [0.29, 0.717) is 17.7 Å². The van der Waals surface area contributed by atoms with Crippen LogP contribution in [0.5, 0.6) is 0 Å². The van der Waals surface area contributed by atoms with Gasteiger partial charge >= 0.3 is 6.09 Å². The van der Waals surface area contributed by atoms with Gasteiger partial charge in [-0.15, -0.1) is 11.3 Å². The highest BCUT2D eigenvalue weighted by atomic mass is 32.1. The summed E-state index contributed by atoms with van der Waals surface area (Å²) in [6.07, 6.45) is -0.865. The van der Waals surface area contributed by atoms with Gasteiger partial charge in [-0.25, -0.2) is 4.79 Å². The Bertz CT molecular complexity index is 1190. The first kappa shape index (κ1) is 29.9. The first-order valence-corrected chi connectivity index (χ1v) is 13.9. The minimum Gasteiger partial charge on any atom is -0.465 e. The predicted octanol–water partition coefficient (Wildman–Crippen LogP) is 4.25. The molecular weight excluding hydrogens is 514 g/mol. The van der Waals surface area contributed by atoms with Crippen molar-refractivity contribution in [1.82, 2.24) is 16.0 Å². The molecule has 208 valence electrons. The molecule has 3 atom stereocenters. The lowest BCUT2D eigenvalue weighted by atomic mass is 9.88. The number of carbonyl (C=O) groups excluding carboxylic acids is 2. The van der Waals surface area contributed by atoms with Crippen LogP contribution in [-0.4, -0.2) is 52.9 Å². The molecule has 3 rings (SSSR count). The molecule has 0 saturated heterocycles. The average Bonchev–Trinajstić information content (AvgIpc) is 3.43. The van der Waals surface area contributed by atoms with Gasteiger partial charge in [0.1, 0.15) is 0 Å². The van der Waals surface area contributed by atoms with Crippen LogP contribution in [0.3, 0.4) is 0 Å². The predicted molar refractivity (Wildman–Crippen MR) is 153 cm³/mol. The number of nitrogens with one attached hydrogen (secondary N) is 3. The van der Waals surface area contributed by atoms with Crippen molar-refractivity contribution in [1.29, 1.82) is 0 Å². The first-order valence-electron chi connectivity index (χ1n) is 13.0. The van der Waals surface area contributed by atoms with E-state index in [1.807, 2.05) is 72.1 Å². The minimum atomic E-state index is -1.14. The summed E-state index contributed by atoms with van der Waals surface area (Å²) in [6.45, 7) is 3.73. The third-order valence-corrected chi connectivity index (χ3v) is 7.27. The number of aliphatic hydroxyl groups is 1. The van der Waals surface area contributed by atoms with E-state index in [4.69, 9.17) is 5.11 Å². The van der Waals surface area contributed by atoms with Crippen molar-refractivity contribution in [2.45, 2.75) is 57.7 Å². The fourth-order valence-corrected chi connectivity index (χ4v) is 5.06. The molecule has 8 nitrogen and oxygen atoms in total. The number of amides is 3. The van der Waals surface area contributed by atoms with Crippen molar-refractivity contribution in [2.75, 3.05) is 6.54 Å². The second-order valence-electron chi connectivity index (χ2n) is 10.5. The maximum atomic E-state index is 13.1. The van der Waals surface area contributed by atoms with Crippen molar-refractivity contribution in [3.63, 3.8) is 0 Å². The van der Waals surface area contributed by atoms with E-state index in [0.717, 1.165) is 11.1 Å². The van der Waals surface area contributed by atoms with Crippen LogP contribution in [0, 0.1) is 5.41 Å². The molecule has 0 aliphatic heterocycles. The van der Waals surface area contributed by atoms with Crippen molar-refractivity contribution in [2.24, 2.45) is 5.41 Å². The van der Waals surface area contributed by atoms with E-state index >= 15 is 0 Å². The summed E-state index contributed by atoms with van der Waals surface area (Å²) in [5.41, 5.74) is 1.36. The van der Waals surface area contributed by atoms with Gasteiger partial charge in [-0.1, -0.05) is 80.6 Å². The molecule has 2 aromatic carbocycles. The Labute approximate surface area is 233 Å². The van der Waals surface area contributed by atoms with Crippen molar-refractivity contribution < 1.29 is 24.6 Å². The van der Waals surface area contributed by atoms with Gasteiger partial charge in [-0.3, -0.25) is 9.59 Å². The van der Waals surface area contributed by atoms with E-state index < -0.39 is 23.7 Å². The van der Waals surface area contributed by atoms with Crippen LogP contribution in [0.2, 0.25) is 0 Å². The van der Waals surface area contributed by atoms with Crippen LogP contribution < -0.4 is 16.0 Å². The fourth-order valence-electron chi connectivity index (χ4n) is 4.43. The molecule has 0 bridgehead atoms. The highest BCUT2D eigenvalue weighted by Crippen LogP contribution is 2.20. The van der Waals surface area contributed by atoms with Gasteiger partial charge in [0.25, 0.3) is 5.91 Å². The van der Waals surface area contributed by atoms with Gasteiger partial charge in [0, 0.05) is 19.0 Å². The molecule has 0 saturated carbocycles. The second-order valence-corrected chi connectivity index (χ2v) is 11.5. The maximum Gasteiger partial charge on any atom is 0.404 e. The quantitative estimate of drug-likeness (QED) is 0.205. The molecule has 0 aliphatic rings. The normalized spacial score (nSPS) is 13.6. The zero-order valence-corrected chi connectivity index (χ0v) is 23.1. The Morgan fingerprint density at radius 1 is 0.872 bits per heavy atom. The van der Waals surface area contributed by atoms with E-state index in [1.165, 1.54) is 11.3 Å². The number of carboxylic acid groups (broad SMARTS) is 1. The van der Waals surface area contributed by atoms with Gasteiger partial charge in [0.15, 0.2) is 0 Å². The largest absolute Gasteiger partial charge is 0.465 e. The molecule has 1 aromatic heterocycles. The number of hydrogen-bond donors (Lipinski definition) is 5. The number of hydrogen-bond acceptors (Lipinski definition) is 5. The molecule has 3 amide bonds.